The summed E-state index contributed by atoms with van der Waals surface area (Å²) in [5, 5.41) is 0. The van der Waals surface area contributed by atoms with Gasteiger partial charge in [-0.05, 0) is 32.4 Å². The minimum atomic E-state index is 0.662. The molecule has 0 aromatic carbocycles. The monoisotopic (exact) mass is 169 g/mol. The van der Waals surface area contributed by atoms with Crippen molar-refractivity contribution < 1.29 is 0 Å². The first-order valence-corrected chi connectivity index (χ1v) is 4.87. The molecule has 0 fully saturated rings. The van der Waals surface area contributed by atoms with Gasteiger partial charge in [-0.3, -0.25) is 0 Å². The van der Waals surface area contributed by atoms with Gasteiger partial charge in [0.25, 0.3) is 0 Å². The molecule has 0 aromatic heterocycles. The molecule has 0 saturated heterocycles. The Labute approximate surface area is 77.5 Å². The molecule has 2 unspecified atom stereocenters. The van der Waals surface area contributed by atoms with E-state index in [2.05, 4.69) is 45.5 Å². The summed E-state index contributed by atoms with van der Waals surface area (Å²) in [4.78, 5) is 2.27. The number of allylic oxidation sites excluding steroid dienone is 1. The second-order valence-corrected chi connectivity index (χ2v) is 3.99. The fourth-order valence-electron chi connectivity index (χ4n) is 1.51. The normalized spacial score (nSPS) is 16.1. The van der Waals surface area contributed by atoms with Crippen LogP contribution in [-0.4, -0.2) is 25.5 Å². The summed E-state index contributed by atoms with van der Waals surface area (Å²) in [5.41, 5.74) is 0. The van der Waals surface area contributed by atoms with Gasteiger partial charge in [0.1, 0.15) is 0 Å². The van der Waals surface area contributed by atoms with Crippen LogP contribution in [0.1, 0.15) is 26.7 Å². The zero-order valence-corrected chi connectivity index (χ0v) is 9.01. The van der Waals surface area contributed by atoms with Gasteiger partial charge in [0.15, 0.2) is 0 Å². The summed E-state index contributed by atoms with van der Waals surface area (Å²) in [5.74, 6) is 1.49. The van der Waals surface area contributed by atoms with Gasteiger partial charge in [-0.2, -0.15) is 0 Å². The van der Waals surface area contributed by atoms with E-state index in [1.54, 1.807) is 0 Å². The van der Waals surface area contributed by atoms with E-state index in [1.807, 2.05) is 0 Å². The van der Waals surface area contributed by atoms with Crippen molar-refractivity contribution in [3.63, 3.8) is 0 Å². The Bertz CT molecular complexity index is 118. The third-order valence-electron chi connectivity index (χ3n) is 2.31. The second-order valence-electron chi connectivity index (χ2n) is 3.99. The molecule has 1 heteroatoms. The Morgan fingerprint density at radius 3 is 2.33 bits per heavy atom. The van der Waals surface area contributed by atoms with Crippen LogP contribution in [-0.2, 0) is 0 Å². The molecule has 0 amide bonds. The fraction of sp³-hybridized carbons (Fsp3) is 0.818. The van der Waals surface area contributed by atoms with E-state index in [0.29, 0.717) is 5.92 Å². The van der Waals surface area contributed by atoms with Crippen LogP contribution in [0.5, 0.6) is 0 Å². The summed E-state index contributed by atoms with van der Waals surface area (Å²) in [6, 6.07) is 0. The maximum absolute atomic E-state index is 3.81. The summed E-state index contributed by atoms with van der Waals surface area (Å²) in [6.07, 6.45) is 4.60. The molecule has 0 saturated carbocycles. The van der Waals surface area contributed by atoms with Crippen molar-refractivity contribution >= 4 is 0 Å². The van der Waals surface area contributed by atoms with Gasteiger partial charge in [-0.15, -0.1) is 6.58 Å². The summed E-state index contributed by atoms with van der Waals surface area (Å²) >= 11 is 0. The van der Waals surface area contributed by atoms with Crippen LogP contribution in [0.2, 0.25) is 0 Å². The van der Waals surface area contributed by atoms with Gasteiger partial charge in [-0.25, -0.2) is 0 Å². The molecule has 0 aromatic rings. The fourth-order valence-corrected chi connectivity index (χ4v) is 1.51. The molecule has 2 atom stereocenters. The molecule has 0 bridgehead atoms. The highest BCUT2D eigenvalue weighted by Gasteiger charge is 2.09. The van der Waals surface area contributed by atoms with E-state index >= 15 is 0 Å². The molecule has 0 aliphatic rings. The van der Waals surface area contributed by atoms with Crippen LogP contribution in [0.25, 0.3) is 0 Å². The van der Waals surface area contributed by atoms with E-state index in [0.717, 1.165) is 5.92 Å². The molecule has 0 radical (unpaired) electrons. The molecular weight excluding hydrogens is 146 g/mol. The molecule has 0 aliphatic heterocycles. The van der Waals surface area contributed by atoms with Crippen molar-refractivity contribution in [3.05, 3.63) is 12.7 Å². The highest BCUT2D eigenvalue weighted by Crippen LogP contribution is 2.16. The maximum Gasteiger partial charge on any atom is 0.000367 e. The number of rotatable bonds is 6. The van der Waals surface area contributed by atoms with Crippen molar-refractivity contribution in [2.24, 2.45) is 11.8 Å². The Hall–Kier alpha value is -0.300. The van der Waals surface area contributed by atoms with Crippen LogP contribution in [0.15, 0.2) is 12.7 Å². The first kappa shape index (κ1) is 11.7. The van der Waals surface area contributed by atoms with E-state index in [4.69, 9.17) is 0 Å². The van der Waals surface area contributed by atoms with Crippen LogP contribution in [0.3, 0.4) is 0 Å². The molecule has 1 nitrogen and oxygen atoms in total. The standard InChI is InChI=1S/C11H23N/c1-6-10(3)8-11(7-2)9-12(4)5/h6,10-11H,1,7-9H2,2-5H3. The molecule has 12 heavy (non-hydrogen) atoms. The largest absolute Gasteiger partial charge is 0.309 e. The van der Waals surface area contributed by atoms with Crippen molar-refractivity contribution in [2.45, 2.75) is 26.7 Å². The van der Waals surface area contributed by atoms with Crippen molar-refractivity contribution in [3.8, 4) is 0 Å². The Balaban J connectivity index is 3.74. The van der Waals surface area contributed by atoms with Crippen molar-refractivity contribution in [2.75, 3.05) is 20.6 Å². The summed E-state index contributed by atoms with van der Waals surface area (Å²) in [6.45, 7) is 9.53. The second kappa shape index (κ2) is 6.24. The van der Waals surface area contributed by atoms with Crippen molar-refractivity contribution in [1.82, 2.24) is 4.90 Å². The third kappa shape index (κ3) is 5.36. The maximum atomic E-state index is 3.81. The molecule has 0 heterocycles. The summed E-state index contributed by atoms with van der Waals surface area (Å²) in [7, 11) is 4.28. The van der Waals surface area contributed by atoms with Gasteiger partial charge < -0.3 is 4.90 Å². The quantitative estimate of drug-likeness (QED) is 0.553. The van der Waals surface area contributed by atoms with Gasteiger partial charge in [0.2, 0.25) is 0 Å². The van der Waals surface area contributed by atoms with Crippen LogP contribution in [0, 0.1) is 11.8 Å². The first-order valence-electron chi connectivity index (χ1n) is 4.87. The lowest BCUT2D eigenvalue weighted by Gasteiger charge is -2.21. The number of hydrogen-bond acceptors (Lipinski definition) is 1. The van der Waals surface area contributed by atoms with Gasteiger partial charge >= 0.3 is 0 Å². The Morgan fingerprint density at radius 1 is 1.42 bits per heavy atom. The molecule has 0 aliphatic carbocycles. The van der Waals surface area contributed by atoms with E-state index < -0.39 is 0 Å². The Morgan fingerprint density at radius 2 is 2.00 bits per heavy atom. The molecule has 0 spiro atoms. The summed E-state index contributed by atoms with van der Waals surface area (Å²) < 4.78 is 0. The van der Waals surface area contributed by atoms with E-state index in [-0.39, 0.29) is 0 Å². The average Bonchev–Trinajstić information content (AvgIpc) is 2.02. The van der Waals surface area contributed by atoms with Crippen molar-refractivity contribution in [1.29, 1.82) is 0 Å². The minimum absolute atomic E-state index is 0.662. The Kier molecular flexibility index (Phi) is 6.09. The van der Waals surface area contributed by atoms with Gasteiger partial charge in [0, 0.05) is 6.54 Å². The SMILES string of the molecule is C=CC(C)CC(CC)CN(C)C. The lowest BCUT2D eigenvalue weighted by atomic mass is 9.93. The molecule has 72 valence electrons. The lowest BCUT2D eigenvalue weighted by Crippen LogP contribution is -2.22. The van der Waals surface area contributed by atoms with E-state index in [9.17, 15) is 0 Å². The average molecular weight is 169 g/mol. The molecule has 0 N–H and O–H groups in total. The number of nitrogens with zero attached hydrogens (tertiary/aromatic N) is 1. The predicted octanol–water partition coefficient (Wildman–Crippen LogP) is 2.79. The smallest absolute Gasteiger partial charge is 0.000367 e. The van der Waals surface area contributed by atoms with Crippen LogP contribution < -0.4 is 0 Å². The highest BCUT2D eigenvalue weighted by molar-refractivity contribution is 4.77. The third-order valence-corrected chi connectivity index (χ3v) is 2.31. The van der Waals surface area contributed by atoms with Gasteiger partial charge in [0.05, 0.1) is 0 Å². The zero-order valence-electron chi connectivity index (χ0n) is 9.01. The first-order chi connectivity index (χ1) is 5.60. The molecular formula is C11H23N. The topological polar surface area (TPSA) is 3.24 Å². The van der Waals surface area contributed by atoms with Crippen LogP contribution in [0.4, 0.5) is 0 Å². The lowest BCUT2D eigenvalue weighted by molar-refractivity contribution is 0.290. The highest BCUT2D eigenvalue weighted by atomic mass is 15.1. The van der Waals surface area contributed by atoms with Crippen LogP contribution >= 0.6 is 0 Å². The molecule has 0 rings (SSSR count). The zero-order chi connectivity index (χ0) is 9.56. The van der Waals surface area contributed by atoms with Gasteiger partial charge in [-0.1, -0.05) is 26.3 Å². The predicted molar refractivity (Wildman–Crippen MR) is 56.3 cm³/mol. The minimum Gasteiger partial charge on any atom is -0.309 e. The van der Waals surface area contributed by atoms with E-state index in [1.165, 1.54) is 19.4 Å². The number of hydrogen-bond donors (Lipinski definition) is 0.